The predicted molar refractivity (Wildman–Crippen MR) is 100 cm³/mol. The molecule has 1 atom stereocenters. The number of ether oxygens (including phenoxy) is 1. The summed E-state index contributed by atoms with van der Waals surface area (Å²) in [5, 5.41) is 17.5. The van der Waals surface area contributed by atoms with Crippen LogP contribution in [0.25, 0.3) is 0 Å². The quantitative estimate of drug-likeness (QED) is 0.858. The van der Waals surface area contributed by atoms with Crippen molar-refractivity contribution in [1.82, 2.24) is 9.91 Å². The Bertz CT molecular complexity index is 871. The Labute approximate surface area is 153 Å². The lowest BCUT2D eigenvalue weighted by Crippen LogP contribution is -2.58. The molecule has 5 nitrogen and oxygen atoms in total. The first-order valence-corrected chi connectivity index (χ1v) is 9.28. The highest BCUT2D eigenvalue weighted by molar-refractivity contribution is 6.04. The lowest BCUT2D eigenvalue weighted by molar-refractivity contribution is -0.147. The molecule has 3 aliphatic rings. The molecule has 1 fully saturated rings. The number of aromatic hydroxyl groups is 1. The Kier molecular flexibility index (Phi) is 3.47. The minimum Gasteiger partial charge on any atom is -0.507 e. The third kappa shape index (κ3) is 2.31. The van der Waals surface area contributed by atoms with E-state index in [1.165, 1.54) is 5.56 Å². The van der Waals surface area contributed by atoms with Crippen molar-refractivity contribution in [2.75, 3.05) is 20.1 Å². The first-order valence-electron chi connectivity index (χ1n) is 9.28. The van der Waals surface area contributed by atoms with E-state index in [0.717, 1.165) is 49.4 Å². The molecular formula is C21H23N3O2. The molecule has 2 aromatic rings. The molecule has 0 radical (unpaired) electrons. The first kappa shape index (κ1) is 15.7. The van der Waals surface area contributed by atoms with Crippen molar-refractivity contribution in [2.45, 2.75) is 31.0 Å². The van der Waals surface area contributed by atoms with Crippen molar-refractivity contribution in [2.24, 2.45) is 5.10 Å². The number of phenolic OH excluding ortho intramolecular Hbond substituents is 1. The van der Waals surface area contributed by atoms with E-state index in [9.17, 15) is 5.11 Å². The summed E-state index contributed by atoms with van der Waals surface area (Å²) in [6.45, 7) is 1.99. The number of likely N-dealkylation sites (tertiary alicyclic amines) is 1. The van der Waals surface area contributed by atoms with E-state index in [0.29, 0.717) is 0 Å². The Morgan fingerprint density at radius 2 is 1.81 bits per heavy atom. The molecule has 0 aromatic heterocycles. The van der Waals surface area contributed by atoms with Gasteiger partial charge >= 0.3 is 0 Å². The number of hydrazone groups is 1. The Morgan fingerprint density at radius 3 is 2.62 bits per heavy atom. The van der Waals surface area contributed by atoms with Gasteiger partial charge in [0.25, 0.3) is 0 Å². The van der Waals surface area contributed by atoms with Gasteiger partial charge < -0.3 is 14.7 Å². The Hall–Kier alpha value is -2.53. The number of hydrogen-bond donors (Lipinski definition) is 1. The molecule has 134 valence electrons. The maximum Gasteiger partial charge on any atom is 0.200 e. The van der Waals surface area contributed by atoms with Crippen molar-refractivity contribution in [1.29, 1.82) is 0 Å². The first-order chi connectivity index (χ1) is 12.7. The molecule has 3 heterocycles. The van der Waals surface area contributed by atoms with Gasteiger partial charge in [-0.05, 0) is 25.2 Å². The number of benzene rings is 2. The molecule has 1 N–H and O–H groups in total. The molecule has 0 amide bonds. The minimum atomic E-state index is -0.391. The molecule has 2 aromatic carbocycles. The van der Waals surface area contributed by atoms with Gasteiger partial charge in [0.2, 0.25) is 5.72 Å². The van der Waals surface area contributed by atoms with Gasteiger partial charge in [-0.25, -0.2) is 5.01 Å². The van der Waals surface area contributed by atoms with Crippen molar-refractivity contribution < 1.29 is 9.84 Å². The predicted octanol–water partition coefficient (Wildman–Crippen LogP) is 3.36. The van der Waals surface area contributed by atoms with E-state index < -0.39 is 5.72 Å². The fraction of sp³-hybridized carbons (Fsp3) is 0.381. The lowest BCUT2D eigenvalue weighted by atomic mass is 9.91. The number of rotatable bonds is 1. The summed E-state index contributed by atoms with van der Waals surface area (Å²) in [5.41, 5.74) is 2.55. The van der Waals surface area contributed by atoms with Crippen molar-refractivity contribution >= 4 is 5.71 Å². The van der Waals surface area contributed by atoms with Crippen LogP contribution in [0.3, 0.4) is 0 Å². The molecule has 0 bridgehead atoms. The van der Waals surface area contributed by atoms with E-state index in [-0.39, 0.29) is 11.8 Å². The Morgan fingerprint density at radius 1 is 1.08 bits per heavy atom. The van der Waals surface area contributed by atoms with Crippen LogP contribution in [0.15, 0.2) is 53.6 Å². The molecular weight excluding hydrogens is 326 g/mol. The van der Waals surface area contributed by atoms with Crippen LogP contribution in [-0.2, 0) is 0 Å². The summed E-state index contributed by atoms with van der Waals surface area (Å²) in [6.07, 6.45) is 2.63. The highest BCUT2D eigenvalue weighted by Gasteiger charge is 2.51. The van der Waals surface area contributed by atoms with Gasteiger partial charge in [-0.15, -0.1) is 0 Å². The largest absolute Gasteiger partial charge is 0.507 e. The van der Waals surface area contributed by atoms with Crippen LogP contribution in [-0.4, -0.2) is 46.6 Å². The van der Waals surface area contributed by atoms with E-state index in [1.54, 1.807) is 6.07 Å². The van der Waals surface area contributed by atoms with Gasteiger partial charge in [-0.2, -0.15) is 5.10 Å². The van der Waals surface area contributed by atoms with Gasteiger partial charge in [0.1, 0.15) is 11.5 Å². The topological polar surface area (TPSA) is 48.3 Å². The summed E-state index contributed by atoms with van der Waals surface area (Å²) in [6, 6.07) is 15.9. The van der Waals surface area contributed by atoms with Crippen molar-refractivity contribution in [3.63, 3.8) is 0 Å². The number of para-hydroxylation sites is 2. The number of piperidine rings is 1. The summed E-state index contributed by atoms with van der Waals surface area (Å²) in [5.74, 6) is 1.27. The fourth-order valence-electron chi connectivity index (χ4n) is 4.41. The zero-order chi connectivity index (χ0) is 17.7. The van der Waals surface area contributed by atoms with Crippen LogP contribution in [0, 0.1) is 0 Å². The smallest absolute Gasteiger partial charge is 0.200 e. The number of phenols is 1. The third-order valence-corrected chi connectivity index (χ3v) is 5.89. The van der Waals surface area contributed by atoms with Crippen molar-refractivity contribution in [3.05, 3.63) is 59.7 Å². The van der Waals surface area contributed by atoms with E-state index >= 15 is 0 Å². The summed E-state index contributed by atoms with van der Waals surface area (Å²) in [7, 11) is 2.15. The van der Waals surface area contributed by atoms with Crippen LogP contribution in [0.1, 0.15) is 36.4 Å². The zero-order valence-corrected chi connectivity index (χ0v) is 14.9. The highest BCUT2D eigenvalue weighted by Crippen LogP contribution is 2.50. The third-order valence-electron chi connectivity index (χ3n) is 5.89. The van der Waals surface area contributed by atoms with E-state index in [2.05, 4.69) is 35.2 Å². The number of hydrogen-bond acceptors (Lipinski definition) is 5. The lowest BCUT2D eigenvalue weighted by Gasteiger charge is -2.50. The second-order valence-corrected chi connectivity index (χ2v) is 7.52. The monoisotopic (exact) mass is 349 g/mol. The molecule has 0 saturated carbocycles. The maximum atomic E-state index is 10.3. The van der Waals surface area contributed by atoms with Gasteiger partial charge in [0.05, 0.1) is 11.8 Å². The van der Waals surface area contributed by atoms with Crippen molar-refractivity contribution in [3.8, 4) is 11.5 Å². The van der Waals surface area contributed by atoms with Gasteiger partial charge in [0.15, 0.2) is 0 Å². The molecule has 26 heavy (non-hydrogen) atoms. The molecule has 5 rings (SSSR count). The maximum absolute atomic E-state index is 10.3. The normalized spacial score (nSPS) is 24.0. The summed E-state index contributed by atoms with van der Waals surface area (Å²) >= 11 is 0. The average Bonchev–Trinajstić information content (AvgIpc) is 3.11. The second-order valence-electron chi connectivity index (χ2n) is 7.52. The molecule has 3 aliphatic heterocycles. The van der Waals surface area contributed by atoms with Gasteiger partial charge in [-0.3, -0.25) is 0 Å². The number of fused-ring (bicyclic) bond motifs is 4. The summed E-state index contributed by atoms with van der Waals surface area (Å²) < 4.78 is 6.57. The molecule has 0 aliphatic carbocycles. The van der Waals surface area contributed by atoms with Crippen LogP contribution < -0.4 is 4.74 Å². The SMILES string of the molecule is CN1CCC2(CC1)Oc1ccccc1[C@@H]1CC(c3ccccc3O)=NN12. The van der Waals surface area contributed by atoms with Gasteiger partial charge in [-0.1, -0.05) is 30.3 Å². The van der Waals surface area contributed by atoms with Crippen LogP contribution >= 0.6 is 0 Å². The fourth-order valence-corrected chi connectivity index (χ4v) is 4.41. The van der Waals surface area contributed by atoms with Crippen LogP contribution in [0.5, 0.6) is 11.5 Å². The van der Waals surface area contributed by atoms with Crippen LogP contribution in [0.2, 0.25) is 0 Å². The molecule has 0 unspecified atom stereocenters. The van der Waals surface area contributed by atoms with E-state index in [4.69, 9.17) is 9.84 Å². The molecule has 1 spiro atoms. The average molecular weight is 349 g/mol. The minimum absolute atomic E-state index is 0.165. The van der Waals surface area contributed by atoms with Gasteiger partial charge in [0, 0.05) is 43.5 Å². The molecule has 1 saturated heterocycles. The van der Waals surface area contributed by atoms with Crippen LogP contribution in [0.4, 0.5) is 0 Å². The number of nitrogens with zero attached hydrogens (tertiary/aromatic N) is 3. The Balaban J connectivity index is 1.60. The summed E-state index contributed by atoms with van der Waals surface area (Å²) in [4.78, 5) is 2.34. The highest BCUT2D eigenvalue weighted by atomic mass is 16.5. The molecule has 5 heteroatoms. The zero-order valence-electron chi connectivity index (χ0n) is 14.9. The van der Waals surface area contributed by atoms with E-state index in [1.807, 2.05) is 24.3 Å². The second kappa shape index (κ2) is 5.74. The standard InChI is InChI=1S/C21H23N3O2/c1-23-12-10-21(11-13-23)24-18(16-7-3-5-9-20(16)26-21)14-17(22-24)15-6-2-4-8-19(15)25/h2-9,18,25H,10-14H2,1H3/t18-/m0/s1.